The predicted molar refractivity (Wildman–Crippen MR) is 90.3 cm³/mol. The lowest BCUT2D eigenvalue weighted by atomic mass is 9.89. The van der Waals surface area contributed by atoms with Crippen molar-refractivity contribution in [3.05, 3.63) is 6.20 Å². The van der Waals surface area contributed by atoms with Crippen molar-refractivity contribution in [3.63, 3.8) is 0 Å². The Morgan fingerprint density at radius 3 is 2.61 bits per heavy atom. The number of likely N-dealkylation sites (N-methyl/N-ethyl adjacent to an activating group) is 1. The van der Waals surface area contributed by atoms with Crippen molar-refractivity contribution in [2.75, 3.05) is 37.7 Å². The van der Waals surface area contributed by atoms with E-state index in [9.17, 15) is 4.79 Å². The summed E-state index contributed by atoms with van der Waals surface area (Å²) in [5.74, 6) is 0.393. The van der Waals surface area contributed by atoms with Crippen LogP contribution in [0.2, 0.25) is 0 Å². The Hall–Kier alpha value is -1.54. The SMILES string of the molecule is CCN1CCN([n+]2cc(N=C([S-])CC(=O)C(C)(C)C)on2)CC1. The molecule has 2 rings (SSSR count). The van der Waals surface area contributed by atoms with Gasteiger partial charge in [-0.3, -0.25) is 14.2 Å². The molecule has 1 aromatic heterocycles. The van der Waals surface area contributed by atoms with Gasteiger partial charge in [-0.2, -0.15) is 5.01 Å². The molecule has 0 N–H and O–H groups in total. The summed E-state index contributed by atoms with van der Waals surface area (Å²) in [5.41, 5.74) is -0.417. The predicted octanol–water partition coefficient (Wildman–Crippen LogP) is 0.818. The standard InChI is InChI=1S/C15H25N5O2S/c1-5-18-6-8-19(9-7-18)20-11-13(22-17-20)16-14(23)10-12(21)15(2,3)4/h11H,5-10H2,1-4H3. The molecule has 0 bridgehead atoms. The molecule has 8 heteroatoms. The quantitative estimate of drug-likeness (QED) is 0.342. The van der Waals surface area contributed by atoms with Gasteiger partial charge in [-0.25, -0.2) is 4.99 Å². The number of ketones is 1. The molecule has 0 unspecified atom stereocenters. The Labute approximate surface area is 142 Å². The summed E-state index contributed by atoms with van der Waals surface area (Å²) < 4.78 is 5.20. The number of aromatic nitrogens is 2. The molecule has 1 aliphatic rings. The van der Waals surface area contributed by atoms with Gasteiger partial charge in [0.1, 0.15) is 5.78 Å². The van der Waals surface area contributed by atoms with Crippen LogP contribution in [0.5, 0.6) is 0 Å². The first-order valence-electron chi connectivity index (χ1n) is 7.93. The van der Waals surface area contributed by atoms with Crippen molar-refractivity contribution in [2.45, 2.75) is 34.1 Å². The molecule has 7 nitrogen and oxygen atoms in total. The average Bonchev–Trinajstić information content (AvgIpc) is 2.94. The van der Waals surface area contributed by atoms with Gasteiger partial charge >= 0.3 is 5.88 Å². The third-order valence-corrected chi connectivity index (χ3v) is 4.15. The van der Waals surface area contributed by atoms with E-state index in [4.69, 9.17) is 17.2 Å². The first kappa shape index (κ1) is 17.8. The summed E-state index contributed by atoms with van der Waals surface area (Å²) >= 11 is 5.17. The number of aliphatic imine (C=N–C) groups is 1. The molecule has 0 radical (unpaired) electrons. The fourth-order valence-corrected chi connectivity index (χ4v) is 2.46. The van der Waals surface area contributed by atoms with Gasteiger partial charge in [-0.05, 0) is 6.54 Å². The zero-order chi connectivity index (χ0) is 17.0. The third-order valence-electron chi connectivity index (χ3n) is 3.91. The minimum Gasteiger partial charge on any atom is -0.764 e. The summed E-state index contributed by atoms with van der Waals surface area (Å²) in [4.78, 5) is 20.2. The zero-order valence-electron chi connectivity index (χ0n) is 14.3. The number of rotatable bonds is 5. The summed E-state index contributed by atoms with van der Waals surface area (Å²) in [5, 5.41) is 6.40. The van der Waals surface area contributed by atoms with Crippen LogP contribution in [0.15, 0.2) is 15.7 Å². The monoisotopic (exact) mass is 339 g/mol. The van der Waals surface area contributed by atoms with E-state index in [0.29, 0.717) is 10.9 Å². The highest BCUT2D eigenvalue weighted by atomic mass is 32.1. The van der Waals surface area contributed by atoms with E-state index in [1.54, 1.807) is 11.0 Å². The van der Waals surface area contributed by atoms with E-state index < -0.39 is 5.41 Å². The summed E-state index contributed by atoms with van der Waals surface area (Å²) in [6, 6.07) is 0. The molecule has 0 aliphatic carbocycles. The topological polar surface area (TPSA) is 65.8 Å². The Morgan fingerprint density at radius 2 is 2.04 bits per heavy atom. The Bertz CT molecular complexity index is 571. The van der Waals surface area contributed by atoms with Crippen LogP contribution in [0.3, 0.4) is 0 Å². The van der Waals surface area contributed by atoms with Crippen LogP contribution >= 0.6 is 0 Å². The van der Waals surface area contributed by atoms with Gasteiger partial charge in [0.05, 0.1) is 17.9 Å². The largest absolute Gasteiger partial charge is 0.764 e. The maximum Gasteiger partial charge on any atom is 0.323 e. The average molecular weight is 339 g/mol. The van der Waals surface area contributed by atoms with Gasteiger partial charge in [-0.15, -0.1) is 0 Å². The molecule has 128 valence electrons. The van der Waals surface area contributed by atoms with Crippen LogP contribution in [-0.2, 0) is 17.4 Å². The van der Waals surface area contributed by atoms with Gasteiger partial charge in [0.15, 0.2) is 0 Å². The Morgan fingerprint density at radius 1 is 1.39 bits per heavy atom. The van der Waals surface area contributed by atoms with Crippen LogP contribution in [0.4, 0.5) is 5.88 Å². The van der Waals surface area contributed by atoms with Gasteiger partial charge in [-0.1, -0.05) is 32.7 Å². The fraction of sp³-hybridized carbons (Fsp3) is 0.733. The highest BCUT2D eigenvalue weighted by molar-refractivity contribution is 7.77. The van der Waals surface area contributed by atoms with E-state index in [1.807, 2.05) is 20.8 Å². The lowest BCUT2D eigenvalue weighted by Crippen LogP contribution is -2.65. The molecular formula is C15H25N5O2S. The minimum absolute atomic E-state index is 0.0642. The second kappa shape index (κ2) is 7.35. The molecule has 2 heterocycles. The maximum absolute atomic E-state index is 12.0. The zero-order valence-corrected chi connectivity index (χ0v) is 15.1. The van der Waals surface area contributed by atoms with Crippen molar-refractivity contribution in [2.24, 2.45) is 10.4 Å². The van der Waals surface area contributed by atoms with Crippen molar-refractivity contribution >= 4 is 29.3 Å². The molecule has 0 aromatic carbocycles. The third kappa shape index (κ3) is 4.97. The summed E-state index contributed by atoms with van der Waals surface area (Å²) in [6.45, 7) is 12.6. The number of piperazine rings is 1. The van der Waals surface area contributed by atoms with Gasteiger partial charge in [0, 0.05) is 24.9 Å². The molecule has 1 aliphatic heterocycles. The molecule has 23 heavy (non-hydrogen) atoms. The molecule has 1 saturated heterocycles. The fourth-order valence-electron chi connectivity index (χ4n) is 2.24. The Balaban J connectivity index is 1.96. The number of Topliss-reactive ketones (excluding diaryl/α,β-unsaturated/α-hetero) is 1. The molecular weight excluding hydrogens is 314 g/mol. The molecule has 1 aromatic rings. The highest BCUT2D eigenvalue weighted by Crippen LogP contribution is 2.18. The van der Waals surface area contributed by atoms with E-state index in [2.05, 4.69) is 27.1 Å². The lowest BCUT2D eigenvalue weighted by Gasteiger charge is -2.28. The van der Waals surface area contributed by atoms with Crippen molar-refractivity contribution in [3.8, 4) is 0 Å². The van der Waals surface area contributed by atoms with Gasteiger partial charge in [0.2, 0.25) is 5.27 Å². The van der Waals surface area contributed by atoms with Crippen molar-refractivity contribution < 1.29 is 14.1 Å². The normalized spacial score (nSPS) is 17.6. The molecule has 0 amide bonds. The van der Waals surface area contributed by atoms with Crippen molar-refractivity contribution in [1.82, 2.24) is 10.2 Å². The molecule has 0 saturated carbocycles. The van der Waals surface area contributed by atoms with Crippen LogP contribution in [0.25, 0.3) is 0 Å². The summed E-state index contributed by atoms with van der Waals surface area (Å²) in [7, 11) is 0. The second-order valence-electron chi connectivity index (χ2n) is 6.70. The number of carbonyl (C=O) groups is 1. The van der Waals surface area contributed by atoms with Crippen LogP contribution in [-0.4, -0.2) is 53.7 Å². The maximum atomic E-state index is 12.0. The van der Waals surface area contributed by atoms with Crippen molar-refractivity contribution in [1.29, 1.82) is 0 Å². The first-order valence-corrected chi connectivity index (χ1v) is 8.34. The number of carbonyl (C=O) groups excluding carboxylic acids is 1. The van der Waals surface area contributed by atoms with Crippen LogP contribution in [0.1, 0.15) is 34.1 Å². The van der Waals surface area contributed by atoms with Gasteiger partial charge < -0.3 is 12.6 Å². The second-order valence-corrected chi connectivity index (χ2v) is 7.18. The molecule has 0 atom stereocenters. The number of hydrogen-bond acceptors (Lipinski definition) is 7. The first-order chi connectivity index (χ1) is 10.8. The highest BCUT2D eigenvalue weighted by Gasteiger charge is 2.25. The van der Waals surface area contributed by atoms with Crippen LogP contribution < -0.4 is 9.80 Å². The minimum atomic E-state index is -0.417. The number of hydrogen-bond donors (Lipinski definition) is 0. The van der Waals surface area contributed by atoms with E-state index in [0.717, 1.165) is 32.7 Å². The van der Waals surface area contributed by atoms with E-state index >= 15 is 0 Å². The smallest absolute Gasteiger partial charge is 0.323 e. The van der Waals surface area contributed by atoms with Crippen LogP contribution in [0, 0.1) is 5.41 Å². The number of nitrogens with zero attached hydrogens (tertiary/aromatic N) is 5. The van der Waals surface area contributed by atoms with E-state index in [1.165, 1.54) is 0 Å². The lowest BCUT2D eigenvalue weighted by molar-refractivity contribution is -0.759. The molecule has 0 spiro atoms. The van der Waals surface area contributed by atoms with E-state index in [-0.39, 0.29) is 12.2 Å². The van der Waals surface area contributed by atoms with Gasteiger partial charge in [0.25, 0.3) is 6.20 Å². The summed E-state index contributed by atoms with van der Waals surface area (Å²) in [6.07, 6.45) is 1.85. The Kier molecular flexibility index (Phi) is 5.69. The molecule has 1 fully saturated rings.